The summed E-state index contributed by atoms with van der Waals surface area (Å²) in [5, 5.41) is 0. The Labute approximate surface area is 96.5 Å². The molecule has 0 saturated carbocycles. The van der Waals surface area contributed by atoms with E-state index in [2.05, 4.69) is 54.1 Å². The molecule has 16 heavy (non-hydrogen) atoms. The van der Waals surface area contributed by atoms with E-state index in [9.17, 15) is 0 Å². The van der Waals surface area contributed by atoms with Crippen LogP contribution in [0, 0.1) is 0 Å². The van der Waals surface area contributed by atoms with E-state index in [-0.39, 0.29) is 0 Å². The maximum Gasteiger partial charge on any atom is 0.108 e. The number of imidazole rings is 1. The summed E-state index contributed by atoms with van der Waals surface area (Å²) < 4.78 is 0. The average molecular weight is 217 g/mol. The van der Waals surface area contributed by atoms with E-state index in [0.29, 0.717) is 0 Å². The van der Waals surface area contributed by atoms with Crippen molar-refractivity contribution in [2.75, 3.05) is 20.6 Å². The number of rotatable bonds is 4. The van der Waals surface area contributed by atoms with Gasteiger partial charge in [-0.1, -0.05) is 13.0 Å². The normalized spacial score (nSPS) is 11.5. The van der Waals surface area contributed by atoms with Crippen molar-refractivity contribution in [1.29, 1.82) is 0 Å². The molecule has 1 heterocycles. The summed E-state index contributed by atoms with van der Waals surface area (Å²) in [5.74, 6) is 1.08. The molecule has 1 aromatic heterocycles. The average Bonchev–Trinajstić information content (AvgIpc) is 2.67. The van der Waals surface area contributed by atoms with Gasteiger partial charge >= 0.3 is 0 Å². The molecule has 86 valence electrons. The molecule has 3 nitrogen and oxygen atoms in total. The van der Waals surface area contributed by atoms with E-state index in [1.54, 1.807) is 0 Å². The zero-order chi connectivity index (χ0) is 11.5. The maximum absolute atomic E-state index is 4.58. The lowest BCUT2D eigenvalue weighted by Gasteiger charge is -2.06. The number of likely N-dealkylation sites (N-methyl/N-ethyl adjacent to an activating group) is 1. The molecule has 0 aliphatic rings. The van der Waals surface area contributed by atoms with Crippen molar-refractivity contribution in [3.63, 3.8) is 0 Å². The summed E-state index contributed by atoms with van der Waals surface area (Å²) in [6.45, 7) is 3.20. The molecule has 0 aliphatic heterocycles. The monoisotopic (exact) mass is 217 g/mol. The van der Waals surface area contributed by atoms with Crippen LogP contribution in [-0.2, 0) is 12.8 Å². The van der Waals surface area contributed by atoms with Crippen molar-refractivity contribution < 1.29 is 0 Å². The summed E-state index contributed by atoms with van der Waals surface area (Å²) in [4.78, 5) is 10.1. The molecular weight excluding hydrogens is 198 g/mol. The second kappa shape index (κ2) is 4.66. The first-order chi connectivity index (χ1) is 7.69. The molecule has 0 amide bonds. The van der Waals surface area contributed by atoms with E-state index >= 15 is 0 Å². The number of hydrogen-bond acceptors (Lipinski definition) is 2. The van der Waals surface area contributed by atoms with Gasteiger partial charge < -0.3 is 9.88 Å². The summed E-state index contributed by atoms with van der Waals surface area (Å²) >= 11 is 0. The zero-order valence-corrected chi connectivity index (χ0v) is 10.2. The van der Waals surface area contributed by atoms with Gasteiger partial charge in [-0.25, -0.2) is 4.98 Å². The zero-order valence-electron chi connectivity index (χ0n) is 10.2. The van der Waals surface area contributed by atoms with Gasteiger partial charge in [0.2, 0.25) is 0 Å². The highest BCUT2D eigenvalue weighted by molar-refractivity contribution is 5.75. The number of fused-ring (bicyclic) bond motifs is 1. The van der Waals surface area contributed by atoms with E-state index in [1.807, 2.05) is 0 Å². The van der Waals surface area contributed by atoms with E-state index < -0.39 is 0 Å². The predicted molar refractivity (Wildman–Crippen MR) is 67.7 cm³/mol. The molecule has 1 N–H and O–H groups in total. The van der Waals surface area contributed by atoms with Crippen molar-refractivity contribution in [2.45, 2.75) is 19.8 Å². The van der Waals surface area contributed by atoms with Crippen LogP contribution in [0.1, 0.15) is 18.3 Å². The van der Waals surface area contributed by atoms with Crippen molar-refractivity contribution in [3.8, 4) is 0 Å². The minimum absolute atomic E-state index is 0.975. The fourth-order valence-electron chi connectivity index (χ4n) is 1.78. The fraction of sp³-hybridized carbons (Fsp3) is 0.462. The number of aromatic amines is 1. The minimum Gasteiger partial charge on any atom is -0.342 e. The van der Waals surface area contributed by atoms with Crippen molar-refractivity contribution in [2.24, 2.45) is 0 Å². The first-order valence-electron chi connectivity index (χ1n) is 5.81. The summed E-state index contributed by atoms with van der Waals surface area (Å²) in [5.41, 5.74) is 3.59. The third-order valence-electron chi connectivity index (χ3n) is 2.80. The molecule has 0 atom stereocenters. The lowest BCUT2D eigenvalue weighted by Crippen LogP contribution is -2.15. The number of aromatic nitrogens is 2. The SMILES string of the molecule is CCc1ccc2nc(CCN(C)C)[nH]c2c1. The Bertz CT molecular complexity index is 471. The standard InChI is InChI=1S/C13H19N3/c1-4-10-5-6-11-12(9-10)15-13(14-11)7-8-16(2)3/h5-6,9H,4,7-8H2,1-3H3,(H,14,15). The van der Waals surface area contributed by atoms with Gasteiger partial charge in [0.1, 0.15) is 5.82 Å². The lowest BCUT2D eigenvalue weighted by atomic mass is 10.1. The Balaban J connectivity index is 2.22. The van der Waals surface area contributed by atoms with Gasteiger partial charge in [-0.05, 0) is 38.2 Å². The molecule has 0 fully saturated rings. The molecule has 0 radical (unpaired) electrons. The van der Waals surface area contributed by atoms with Gasteiger partial charge in [0.05, 0.1) is 11.0 Å². The van der Waals surface area contributed by atoms with Crippen LogP contribution in [0.3, 0.4) is 0 Å². The lowest BCUT2D eigenvalue weighted by molar-refractivity contribution is 0.410. The predicted octanol–water partition coefficient (Wildman–Crippen LogP) is 2.23. The molecule has 3 heteroatoms. The summed E-state index contributed by atoms with van der Waals surface area (Å²) in [7, 11) is 4.16. The Morgan fingerprint density at radius 3 is 2.81 bits per heavy atom. The molecular formula is C13H19N3. The summed E-state index contributed by atoms with van der Waals surface area (Å²) in [6.07, 6.45) is 2.05. The van der Waals surface area contributed by atoms with Gasteiger partial charge in [-0.2, -0.15) is 0 Å². The molecule has 2 aromatic rings. The van der Waals surface area contributed by atoms with Gasteiger partial charge in [-0.15, -0.1) is 0 Å². The molecule has 0 aliphatic carbocycles. The first kappa shape index (κ1) is 11.1. The van der Waals surface area contributed by atoms with Crippen LogP contribution < -0.4 is 0 Å². The van der Waals surface area contributed by atoms with Gasteiger partial charge in [0.15, 0.2) is 0 Å². The number of nitrogens with one attached hydrogen (secondary N) is 1. The maximum atomic E-state index is 4.58. The Morgan fingerprint density at radius 2 is 2.12 bits per heavy atom. The number of nitrogens with zero attached hydrogens (tertiary/aromatic N) is 2. The third-order valence-corrected chi connectivity index (χ3v) is 2.80. The van der Waals surface area contributed by atoms with E-state index in [0.717, 1.165) is 36.2 Å². The first-order valence-corrected chi connectivity index (χ1v) is 5.81. The highest BCUT2D eigenvalue weighted by Gasteiger charge is 2.03. The Hall–Kier alpha value is -1.35. The molecule has 2 rings (SSSR count). The third kappa shape index (κ3) is 2.42. The van der Waals surface area contributed by atoms with Crippen molar-refractivity contribution in [3.05, 3.63) is 29.6 Å². The number of hydrogen-bond donors (Lipinski definition) is 1. The van der Waals surface area contributed by atoms with Crippen LogP contribution >= 0.6 is 0 Å². The smallest absolute Gasteiger partial charge is 0.108 e. The molecule has 0 spiro atoms. The van der Waals surface area contributed by atoms with E-state index in [4.69, 9.17) is 0 Å². The van der Waals surface area contributed by atoms with Crippen LogP contribution in [0.2, 0.25) is 0 Å². The molecule has 0 bridgehead atoms. The molecule has 0 saturated heterocycles. The highest BCUT2D eigenvalue weighted by atomic mass is 15.1. The topological polar surface area (TPSA) is 31.9 Å². The van der Waals surface area contributed by atoms with Gasteiger partial charge in [-0.3, -0.25) is 0 Å². The largest absolute Gasteiger partial charge is 0.342 e. The second-order valence-electron chi connectivity index (χ2n) is 4.44. The number of aryl methyl sites for hydroxylation is 1. The van der Waals surface area contributed by atoms with Crippen molar-refractivity contribution >= 4 is 11.0 Å². The highest BCUT2D eigenvalue weighted by Crippen LogP contribution is 2.14. The van der Waals surface area contributed by atoms with Crippen LogP contribution in [0.15, 0.2) is 18.2 Å². The fourth-order valence-corrected chi connectivity index (χ4v) is 1.78. The molecule has 0 unspecified atom stereocenters. The quantitative estimate of drug-likeness (QED) is 0.851. The number of H-pyrrole nitrogens is 1. The Morgan fingerprint density at radius 1 is 1.31 bits per heavy atom. The summed E-state index contributed by atoms with van der Waals surface area (Å²) in [6, 6.07) is 6.45. The van der Waals surface area contributed by atoms with Crippen LogP contribution in [0.5, 0.6) is 0 Å². The van der Waals surface area contributed by atoms with E-state index in [1.165, 1.54) is 5.56 Å². The van der Waals surface area contributed by atoms with Crippen LogP contribution in [-0.4, -0.2) is 35.5 Å². The van der Waals surface area contributed by atoms with Crippen LogP contribution in [0.25, 0.3) is 11.0 Å². The minimum atomic E-state index is 0.975. The number of benzene rings is 1. The van der Waals surface area contributed by atoms with Crippen molar-refractivity contribution in [1.82, 2.24) is 14.9 Å². The second-order valence-corrected chi connectivity index (χ2v) is 4.44. The van der Waals surface area contributed by atoms with Crippen LogP contribution in [0.4, 0.5) is 0 Å². The van der Waals surface area contributed by atoms with Gasteiger partial charge in [0.25, 0.3) is 0 Å². The molecule has 1 aromatic carbocycles. The van der Waals surface area contributed by atoms with Gasteiger partial charge in [0, 0.05) is 13.0 Å². The Kier molecular flexibility index (Phi) is 3.25.